The van der Waals surface area contributed by atoms with Crippen LogP contribution in [0.25, 0.3) is 17.2 Å². The van der Waals surface area contributed by atoms with Gasteiger partial charge < -0.3 is 19.5 Å². The first-order chi connectivity index (χ1) is 17.1. The Morgan fingerprint density at radius 2 is 1.94 bits per heavy atom. The molecule has 5 rings (SSSR count). The fraction of sp³-hybridized carbons (Fsp3) is 0.214. The quantitative estimate of drug-likeness (QED) is 0.405. The lowest BCUT2D eigenvalue weighted by Gasteiger charge is -2.17. The van der Waals surface area contributed by atoms with Gasteiger partial charge in [0, 0.05) is 5.56 Å². The molecular formula is C28H24FNO5. The molecule has 1 N–H and O–H groups in total. The fourth-order valence-corrected chi connectivity index (χ4v) is 4.23. The van der Waals surface area contributed by atoms with Gasteiger partial charge in [0.15, 0.2) is 11.6 Å². The summed E-state index contributed by atoms with van der Waals surface area (Å²) in [5, 5.41) is 3.02. The minimum absolute atomic E-state index is 0.237. The Labute approximate surface area is 202 Å². The van der Waals surface area contributed by atoms with E-state index in [0.29, 0.717) is 24.3 Å². The van der Waals surface area contributed by atoms with Gasteiger partial charge in [0.05, 0.1) is 5.56 Å². The number of carbonyl (C=O) groups excluding carboxylic acids is 2. The molecule has 7 heteroatoms. The third kappa shape index (κ3) is 5.10. The van der Waals surface area contributed by atoms with Gasteiger partial charge in [-0.15, -0.1) is 0 Å². The zero-order valence-corrected chi connectivity index (χ0v) is 19.0. The molecule has 1 saturated heterocycles. The number of halogens is 1. The summed E-state index contributed by atoms with van der Waals surface area (Å²) in [6, 6.07) is 17.0. The van der Waals surface area contributed by atoms with Crippen molar-refractivity contribution in [3.8, 4) is 22.6 Å². The maximum atomic E-state index is 14.1. The molecule has 0 amide bonds. The predicted octanol–water partition coefficient (Wildman–Crippen LogP) is 4.91. The highest BCUT2D eigenvalue weighted by atomic mass is 19.1. The van der Waals surface area contributed by atoms with Crippen molar-refractivity contribution in [2.24, 2.45) is 0 Å². The van der Waals surface area contributed by atoms with E-state index in [4.69, 9.17) is 14.2 Å². The number of rotatable bonds is 6. The number of ether oxygens (including phenoxy) is 3. The van der Waals surface area contributed by atoms with E-state index in [9.17, 15) is 14.0 Å². The van der Waals surface area contributed by atoms with Gasteiger partial charge in [0.25, 0.3) is 0 Å². The largest absolute Gasteiger partial charge is 0.489 e. The number of hydrogen-bond donors (Lipinski definition) is 1. The minimum atomic E-state index is -0.671. The third-order valence-electron chi connectivity index (χ3n) is 6.03. The molecule has 178 valence electrons. The van der Waals surface area contributed by atoms with E-state index in [0.717, 1.165) is 35.2 Å². The van der Waals surface area contributed by atoms with E-state index < -0.39 is 18.0 Å². The molecule has 0 unspecified atom stereocenters. The van der Waals surface area contributed by atoms with Crippen LogP contribution in [0.3, 0.4) is 0 Å². The van der Waals surface area contributed by atoms with Crippen LogP contribution in [-0.4, -0.2) is 31.1 Å². The smallest absolute Gasteiger partial charge is 0.345 e. The van der Waals surface area contributed by atoms with Crippen LogP contribution < -0.4 is 14.8 Å². The summed E-state index contributed by atoms with van der Waals surface area (Å²) in [6.07, 6.45) is 5.29. The monoisotopic (exact) mass is 473 g/mol. The number of esters is 2. The Morgan fingerprint density at radius 3 is 2.74 bits per heavy atom. The number of hydrogen-bond acceptors (Lipinski definition) is 6. The second-order valence-electron chi connectivity index (χ2n) is 8.42. The van der Waals surface area contributed by atoms with Gasteiger partial charge in [-0.05, 0) is 72.5 Å². The minimum Gasteiger partial charge on any atom is -0.489 e. The molecule has 35 heavy (non-hydrogen) atoms. The van der Waals surface area contributed by atoms with E-state index >= 15 is 0 Å². The molecule has 2 heterocycles. The maximum Gasteiger partial charge on any atom is 0.345 e. The average Bonchev–Trinajstić information content (AvgIpc) is 3.44. The van der Waals surface area contributed by atoms with Crippen LogP contribution in [0.1, 0.15) is 34.3 Å². The lowest BCUT2D eigenvalue weighted by Crippen LogP contribution is -2.33. The Balaban J connectivity index is 1.23. The summed E-state index contributed by atoms with van der Waals surface area (Å²) in [6.45, 7) is 1.34. The van der Waals surface area contributed by atoms with Crippen molar-refractivity contribution in [3.63, 3.8) is 0 Å². The molecule has 0 aliphatic carbocycles. The summed E-state index contributed by atoms with van der Waals surface area (Å²) in [7, 11) is 0. The summed E-state index contributed by atoms with van der Waals surface area (Å²) < 4.78 is 30.4. The molecule has 0 bridgehead atoms. The zero-order chi connectivity index (χ0) is 24.2. The van der Waals surface area contributed by atoms with E-state index in [1.807, 2.05) is 42.5 Å². The molecule has 2 aliphatic heterocycles. The highest BCUT2D eigenvalue weighted by Gasteiger charge is 2.26. The van der Waals surface area contributed by atoms with Crippen molar-refractivity contribution in [3.05, 3.63) is 89.2 Å². The summed E-state index contributed by atoms with van der Waals surface area (Å²) in [5.74, 6) is -0.676. The van der Waals surface area contributed by atoms with Crippen LogP contribution in [0.15, 0.2) is 66.7 Å². The van der Waals surface area contributed by atoms with Gasteiger partial charge in [-0.3, -0.25) is 0 Å². The van der Waals surface area contributed by atoms with E-state index in [2.05, 4.69) is 5.32 Å². The van der Waals surface area contributed by atoms with Crippen LogP contribution in [0.2, 0.25) is 0 Å². The van der Waals surface area contributed by atoms with Crippen molar-refractivity contribution in [1.29, 1.82) is 0 Å². The first-order valence-electron chi connectivity index (χ1n) is 11.5. The van der Waals surface area contributed by atoms with Crippen molar-refractivity contribution >= 4 is 18.0 Å². The topological polar surface area (TPSA) is 73.9 Å². The standard InChI is InChI=1S/C28H24FNO5/c29-24-13-12-22(23-6-3-15-33-26(23)24)19-8-10-21(11-9-19)34-17-18-4-1-5-20(16-18)27(31)35-28(32)25-7-2-14-30-25/h1,3-6,8-13,16,25,30H,2,7,14-15,17H2/t25-/m0/s1. The molecule has 0 aromatic heterocycles. The molecule has 3 aromatic carbocycles. The highest BCUT2D eigenvalue weighted by Crippen LogP contribution is 2.36. The first kappa shape index (κ1) is 22.8. The van der Waals surface area contributed by atoms with Crippen LogP contribution in [-0.2, 0) is 16.1 Å². The summed E-state index contributed by atoms with van der Waals surface area (Å²) >= 11 is 0. The molecule has 0 saturated carbocycles. The van der Waals surface area contributed by atoms with Crippen LogP contribution in [0.4, 0.5) is 4.39 Å². The van der Waals surface area contributed by atoms with Gasteiger partial charge in [-0.2, -0.15) is 0 Å². The average molecular weight is 474 g/mol. The lowest BCUT2D eigenvalue weighted by molar-refractivity contribution is -0.139. The maximum absolute atomic E-state index is 14.1. The Kier molecular flexibility index (Phi) is 6.59. The van der Waals surface area contributed by atoms with Crippen LogP contribution in [0.5, 0.6) is 11.5 Å². The van der Waals surface area contributed by atoms with E-state index in [-0.39, 0.29) is 18.2 Å². The highest BCUT2D eigenvalue weighted by molar-refractivity contribution is 5.98. The van der Waals surface area contributed by atoms with Gasteiger partial charge in [-0.1, -0.05) is 36.4 Å². The molecule has 6 nitrogen and oxygen atoms in total. The van der Waals surface area contributed by atoms with Gasteiger partial charge in [0.2, 0.25) is 0 Å². The van der Waals surface area contributed by atoms with E-state index in [1.54, 1.807) is 24.3 Å². The second-order valence-corrected chi connectivity index (χ2v) is 8.42. The van der Waals surface area contributed by atoms with E-state index in [1.165, 1.54) is 6.07 Å². The molecule has 0 spiro atoms. The predicted molar refractivity (Wildman–Crippen MR) is 129 cm³/mol. The van der Waals surface area contributed by atoms with Gasteiger partial charge in [-0.25, -0.2) is 14.0 Å². The summed E-state index contributed by atoms with van der Waals surface area (Å²) in [4.78, 5) is 24.5. The zero-order valence-electron chi connectivity index (χ0n) is 19.0. The molecule has 1 fully saturated rings. The number of carbonyl (C=O) groups is 2. The summed E-state index contributed by atoms with van der Waals surface area (Å²) in [5.41, 5.74) is 3.57. The lowest BCUT2D eigenvalue weighted by atomic mass is 9.97. The number of fused-ring (bicyclic) bond motifs is 1. The van der Waals surface area contributed by atoms with Crippen LogP contribution in [0, 0.1) is 5.82 Å². The van der Waals surface area contributed by atoms with Crippen molar-refractivity contribution in [2.45, 2.75) is 25.5 Å². The molecular weight excluding hydrogens is 449 g/mol. The molecule has 2 aliphatic rings. The second kappa shape index (κ2) is 10.1. The van der Waals surface area contributed by atoms with Crippen LogP contribution >= 0.6 is 0 Å². The van der Waals surface area contributed by atoms with Crippen molar-refractivity contribution < 1.29 is 28.2 Å². The molecule has 0 radical (unpaired) electrons. The normalized spacial score (nSPS) is 16.3. The van der Waals surface area contributed by atoms with Gasteiger partial charge >= 0.3 is 11.9 Å². The number of nitrogens with one attached hydrogen (secondary N) is 1. The molecule has 3 aromatic rings. The fourth-order valence-electron chi connectivity index (χ4n) is 4.23. The number of benzene rings is 3. The van der Waals surface area contributed by atoms with Gasteiger partial charge in [0.1, 0.15) is 25.0 Å². The first-order valence-corrected chi connectivity index (χ1v) is 11.5. The molecule has 1 atom stereocenters. The Morgan fingerprint density at radius 1 is 1.09 bits per heavy atom. The Hall–Kier alpha value is -3.97. The van der Waals surface area contributed by atoms with Crippen molar-refractivity contribution in [1.82, 2.24) is 5.32 Å². The Bertz CT molecular complexity index is 1280. The SMILES string of the molecule is O=C(OC(=O)[C@@H]1CCCN1)c1cccc(COc2ccc(-c3ccc(F)c4c3C=CCO4)cc2)c1. The van der Waals surface area contributed by atoms with Crippen molar-refractivity contribution in [2.75, 3.05) is 13.2 Å². The third-order valence-corrected chi connectivity index (χ3v) is 6.03.